The maximum absolute atomic E-state index is 12.0. The molecule has 1 aromatic carbocycles. The number of aromatic amines is 1. The number of esters is 1. The number of anilines is 1. The Morgan fingerprint density at radius 3 is 2.62 bits per heavy atom. The zero-order chi connectivity index (χ0) is 15.2. The van der Waals surface area contributed by atoms with Crippen LogP contribution in [0.25, 0.3) is 0 Å². The largest absolute Gasteiger partial charge is 0.489 e. The predicted octanol–water partition coefficient (Wildman–Crippen LogP) is 1.10. The summed E-state index contributed by atoms with van der Waals surface area (Å²) in [4.78, 5) is 30.0. The first-order valence-electron chi connectivity index (χ1n) is 6.18. The Morgan fingerprint density at radius 1 is 1.29 bits per heavy atom. The third-order valence-corrected chi connectivity index (χ3v) is 2.87. The van der Waals surface area contributed by atoms with E-state index in [9.17, 15) is 9.59 Å². The number of benzene rings is 1. The van der Waals surface area contributed by atoms with Crippen LogP contribution in [0.3, 0.4) is 0 Å². The maximum atomic E-state index is 12.0. The maximum Gasteiger partial charge on any atom is 0.333 e. The minimum atomic E-state index is -0.792. The Hall–Kier alpha value is -2.83. The highest BCUT2D eigenvalue weighted by atomic mass is 16.5. The Labute approximate surface area is 120 Å². The lowest BCUT2D eigenvalue weighted by molar-refractivity contribution is -0.141. The zero-order valence-electron chi connectivity index (χ0n) is 11.6. The van der Waals surface area contributed by atoms with Crippen LogP contribution in [0.4, 0.5) is 5.82 Å². The smallest absolute Gasteiger partial charge is 0.333 e. The quantitative estimate of drug-likeness (QED) is 0.801. The topological polar surface area (TPSA) is 93.3 Å². The molecule has 0 saturated heterocycles. The minimum absolute atomic E-state index is 0.00216. The average molecular weight is 289 g/mol. The molecule has 0 aliphatic rings. The van der Waals surface area contributed by atoms with Gasteiger partial charge in [0.05, 0.1) is 20.5 Å². The number of ether oxygens (including phenoxy) is 2. The molecule has 0 bridgehead atoms. The number of nitrogens with one attached hydrogen (secondary N) is 2. The molecule has 21 heavy (non-hydrogen) atoms. The summed E-state index contributed by atoms with van der Waals surface area (Å²) in [6.45, 7) is 0. The molecule has 1 heterocycles. The van der Waals surface area contributed by atoms with Crippen LogP contribution >= 0.6 is 0 Å². The molecule has 1 unspecified atom stereocenters. The van der Waals surface area contributed by atoms with Crippen LogP contribution < -0.4 is 15.6 Å². The standard InChI is InChI=1S/C14H15N3O4/c1-20-11-12(15-8-16-13(11)18)17-10(14(19)21-2)9-6-4-3-5-7-9/h3-8,10H,1-2H3,(H2,15,16,17,18). The minimum Gasteiger partial charge on any atom is -0.489 e. The van der Waals surface area contributed by atoms with Gasteiger partial charge in [-0.1, -0.05) is 30.3 Å². The van der Waals surface area contributed by atoms with Crippen molar-refractivity contribution in [3.05, 3.63) is 52.6 Å². The number of methoxy groups -OCH3 is 2. The molecule has 0 saturated carbocycles. The summed E-state index contributed by atoms with van der Waals surface area (Å²) < 4.78 is 9.79. The Balaban J connectivity index is 2.39. The molecule has 0 spiro atoms. The van der Waals surface area contributed by atoms with Crippen LogP contribution in [0.1, 0.15) is 11.6 Å². The summed E-state index contributed by atoms with van der Waals surface area (Å²) >= 11 is 0. The Kier molecular flexibility index (Phi) is 4.55. The van der Waals surface area contributed by atoms with Crippen LogP contribution in [-0.4, -0.2) is 30.2 Å². The van der Waals surface area contributed by atoms with E-state index in [1.54, 1.807) is 24.3 Å². The van der Waals surface area contributed by atoms with E-state index in [1.807, 2.05) is 6.07 Å². The fourth-order valence-corrected chi connectivity index (χ4v) is 1.86. The van der Waals surface area contributed by atoms with Gasteiger partial charge in [-0.25, -0.2) is 9.78 Å². The number of carbonyl (C=O) groups is 1. The van der Waals surface area contributed by atoms with Crippen LogP contribution in [0, 0.1) is 0 Å². The summed E-state index contributed by atoms with van der Waals surface area (Å²) in [5, 5.41) is 2.88. The van der Waals surface area contributed by atoms with Crippen molar-refractivity contribution in [2.24, 2.45) is 0 Å². The second-order valence-corrected chi connectivity index (χ2v) is 4.12. The molecule has 2 N–H and O–H groups in total. The average Bonchev–Trinajstić information content (AvgIpc) is 2.53. The molecular formula is C14H15N3O4. The van der Waals surface area contributed by atoms with Crippen LogP contribution in [-0.2, 0) is 9.53 Å². The summed E-state index contributed by atoms with van der Waals surface area (Å²) in [6.07, 6.45) is 1.23. The monoisotopic (exact) mass is 289 g/mol. The fraction of sp³-hybridized carbons (Fsp3) is 0.214. The van der Waals surface area contributed by atoms with E-state index >= 15 is 0 Å². The highest BCUT2D eigenvalue weighted by molar-refractivity contribution is 5.81. The first-order chi connectivity index (χ1) is 10.2. The molecule has 7 nitrogen and oxygen atoms in total. The summed E-state index contributed by atoms with van der Waals surface area (Å²) in [6, 6.07) is 8.19. The molecule has 0 radical (unpaired) electrons. The molecular weight excluding hydrogens is 274 g/mol. The van der Waals surface area contributed by atoms with Crippen molar-refractivity contribution in [1.29, 1.82) is 0 Å². The lowest BCUT2D eigenvalue weighted by Gasteiger charge is -2.18. The summed E-state index contributed by atoms with van der Waals surface area (Å²) in [7, 11) is 2.65. The molecule has 1 aromatic heterocycles. The normalized spacial score (nSPS) is 11.5. The van der Waals surface area contributed by atoms with Gasteiger partial charge < -0.3 is 19.8 Å². The number of H-pyrrole nitrogens is 1. The van der Waals surface area contributed by atoms with Crippen molar-refractivity contribution in [3.63, 3.8) is 0 Å². The third-order valence-electron chi connectivity index (χ3n) is 2.87. The molecule has 0 fully saturated rings. The Morgan fingerprint density at radius 2 is 2.00 bits per heavy atom. The first kappa shape index (κ1) is 14.6. The zero-order valence-corrected chi connectivity index (χ0v) is 11.6. The van der Waals surface area contributed by atoms with Gasteiger partial charge in [0, 0.05) is 0 Å². The molecule has 7 heteroatoms. The number of hydrogen-bond donors (Lipinski definition) is 2. The second kappa shape index (κ2) is 6.56. The van der Waals surface area contributed by atoms with E-state index in [0.717, 1.165) is 0 Å². The summed E-state index contributed by atoms with van der Waals surface area (Å²) in [5.74, 6) is -0.326. The van der Waals surface area contributed by atoms with E-state index < -0.39 is 17.6 Å². The van der Waals surface area contributed by atoms with E-state index in [2.05, 4.69) is 15.3 Å². The van der Waals surface area contributed by atoms with Gasteiger partial charge in [-0.2, -0.15) is 0 Å². The van der Waals surface area contributed by atoms with Crippen molar-refractivity contribution in [1.82, 2.24) is 9.97 Å². The van der Waals surface area contributed by atoms with E-state index in [0.29, 0.717) is 5.56 Å². The van der Waals surface area contributed by atoms with Crippen LogP contribution in [0.5, 0.6) is 5.75 Å². The molecule has 2 aromatic rings. The predicted molar refractivity (Wildman–Crippen MR) is 76.2 cm³/mol. The molecule has 0 aliphatic carbocycles. The second-order valence-electron chi connectivity index (χ2n) is 4.12. The lowest BCUT2D eigenvalue weighted by Crippen LogP contribution is -2.24. The van der Waals surface area contributed by atoms with Crippen molar-refractivity contribution in [2.45, 2.75) is 6.04 Å². The van der Waals surface area contributed by atoms with Crippen LogP contribution in [0.2, 0.25) is 0 Å². The van der Waals surface area contributed by atoms with Crippen molar-refractivity contribution >= 4 is 11.8 Å². The number of hydrogen-bond acceptors (Lipinski definition) is 6. The fourth-order valence-electron chi connectivity index (χ4n) is 1.86. The highest BCUT2D eigenvalue weighted by Gasteiger charge is 2.23. The van der Waals surface area contributed by atoms with E-state index in [1.165, 1.54) is 20.5 Å². The van der Waals surface area contributed by atoms with Gasteiger partial charge in [-0.05, 0) is 5.56 Å². The highest BCUT2D eigenvalue weighted by Crippen LogP contribution is 2.23. The molecule has 0 aliphatic heterocycles. The number of rotatable bonds is 5. The first-order valence-corrected chi connectivity index (χ1v) is 6.18. The van der Waals surface area contributed by atoms with Gasteiger partial charge in [0.15, 0.2) is 11.9 Å². The van der Waals surface area contributed by atoms with Gasteiger partial charge in [-0.3, -0.25) is 4.79 Å². The van der Waals surface area contributed by atoms with E-state index in [4.69, 9.17) is 9.47 Å². The molecule has 110 valence electrons. The van der Waals surface area contributed by atoms with E-state index in [-0.39, 0.29) is 11.6 Å². The Bertz CT molecular complexity index is 669. The van der Waals surface area contributed by atoms with Crippen molar-refractivity contribution in [2.75, 3.05) is 19.5 Å². The number of nitrogens with zero attached hydrogens (tertiary/aromatic N) is 1. The van der Waals surface area contributed by atoms with Crippen LogP contribution in [0.15, 0.2) is 41.5 Å². The third kappa shape index (κ3) is 3.19. The molecule has 1 atom stereocenters. The van der Waals surface area contributed by atoms with Gasteiger partial charge in [-0.15, -0.1) is 0 Å². The van der Waals surface area contributed by atoms with Crippen molar-refractivity contribution < 1.29 is 14.3 Å². The van der Waals surface area contributed by atoms with Gasteiger partial charge in [0.1, 0.15) is 0 Å². The van der Waals surface area contributed by atoms with Crippen molar-refractivity contribution in [3.8, 4) is 5.75 Å². The SMILES string of the molecule is COC(=O)C(Nc1nc[nH]c(=O)c1OC)c1ccccc1. The molecule has 0 amide bonds. The van der Waals surface area contributed by atoms with Gasteiger partial charge >= 0.3 is 5.97 Å². The number of aromatic nitrogens is 2. The lowest BCUT2D eigenvalue weighted by atomic mass is 10.1. The molecule has 2 rings (SSSR count). The van der Waals surface area contributed by atoms with Gasteiger partial charge in [0.25, 0.3) is 5.56 Å². The summed E-state index contributed by atoms with van der Waals surface area (Å²) in [5.41, 5.74) is 0.250. The number of carbonyl (C=O) groups excluding carboxylic acids is 1. The van der Waals surface area contributed by atoms with Gasteiger partial charge in [0.2, 0.25) is 5.75 Å².